The third-order valence-electron chi connectivity index (χ3n) is 2.45. The van der Waals surface area contributed by atoms with E-state index in [0.717, 1.165) is 19.5 Å². The van der Waals surface area contributed by atoms with E-state index in [-0.39, 0.29) is 23.3 Å². The molecule has 0 unspecified atom stereocenters. The van der Waals surface area contributed by atoms with Crippen molar-refractivity contribution in [3.63, 3.8) is 0 Å². The summed E-state index contributed by atoms with van der Waals surface area (Å²) >= 11 is 0. The van der Waals surface area contributed by atoms with Crippen LogP contribution in [0.2, 0.25) is 0 Å². The molecule has 0 bridgehead atoms. The molecule has 4 N–H and O–H groups in total. The first kappa shape index (κ1) is 21.7. The van der Waals surface area contributed by atoms with Gasteiger partial charge in [0, 0.05) is 18.9 Å². The number of aliphatic hydroxyl groups is 3. The van der Waals surface area contributed by atoms with Crippen molar-refractivity contribution in [1.29, 1.82) is 0 Å². The van der Waals surface area contributed by atoms with Gasteiger partial charge in [0.2, 0.25) is 6.41 Å². The third kappa shape index (κ3) is 8.39. The highest BCUT2D eigenvalue weighted by Gasteiger charge is 2.22. The standard InChI is InChI=1S/C9H11N3O6.C5H12O/c1-18-8(14)7(10-5-13)2-6-3-11-12(4-6)9(15,16)17;1-5(2,3)6-4/h2-5,15-17H,1H3,(H,10,13);1-4H3/b7-2-;. The van der Waals surface area contributed by atoms with E-state index in [1.54, 1.807) is 7.11 Å². The predicted octanol–water partition coefficient (Wildman–Crippen LogP) is -0.881. The van der Waals surface area contributed by atoms with Crippen molar-refractivity contribution >= 4 is 18.5 Å². The summed E-state index contributed by atoms with van der Waals surface area (Å²) in [5, 5.41) is 32.0. The molecule has 1 aromatic rings. The molecule has 0 atom stereocenters. The number of nitrogens with one attached hydrogen (secondary N) is 1. The summed E-state index contributed by atoms with van der Waals surface area (Å²) in [6.45, 7) is 6.06. The number of carbonyl (C=O) groups excluding carboxylic acids is 2. The van der Waals surface area contributed by atoms with Gasteiger partial charge < -0.3 is 30.1 Å². The van der Waals surface area contributed by atoms with Crippen LogP contribution in [0.1, 0.15) is 26.3 Å². The molecule has 0 aliphatic rings. The molecule has 0 saturated carbocycles. The van der Waals surface area contributed by atoms with Gasteiger partial charge in [-0.3, -0.25) is 4.79 Å². The molecule has 0 radical (unpaired) electrons. The number of methoxy groups -OCH3 is 2. The molecular weight excluding hydrogens is 322 g/mol. The lowest BCUT2D eigenvalue weighted by molar-refractivity contribution is -0.380. The van der Waals surface area contributed by atoms with Crippen molar-refractivity contribution in [2.24, 2.45) is 0 Å². The quantitative estimate of drug-likeness (QED) is 0.233. The number of esters is 1. The van der Waals surface area contributed by atoms with Crippen LogP contribution in [-0.2, 0) is 25.2 Å². The molecule has 10 nitrogen and oxygen atoms in total. The van der Waals surface area contributed by atoms with Gasteiger partial charge in [-0.1, -0.05) is 0 Å². The molecule has 136 valence electrons. The first-order valence-corrected chi connectivity index (χ1v) is 6.72. The van der Waals surface area contributed by atoms with Crippen LogP contribution >= 0.6 is 0 Å². The number of nitrogens with zero attached hydrogens (tertiary/aromatic N) is 2. The summed E-state index contributed by atoms with van der Waals surface area (Å²) in [6.07, 6.45) is 0.481. The van der Waals surface area contributed by atoms with E-state index in [4.69, 9.17) is 20.1 Å². The number of ether oxygens (including phenoxy) is 2. The van der Waals surface area contributed by atoms with Crippen molar-refractivity contribution < 1.29 is 34.4 Å². The van der Waals surface area contributed by atoms with Crippen LogP contribution in [-0.4, -0.2) is 57.3 Å². The molecular formula is C14H23N3O7. The molecule has 0 aliphatic heterocycles. The predicted molar refractivity (Wildman–Crippen MR) is 82.8 cm³/mol. The van der Waals surface area contributed by atoms with Crippen molar-refractivity contribution in [2.45, 2.75) is 32.5 Å². The first-order chi connectivity index (χ1) is 10.9. The van der Waals surface area contributed by atoms with E-state index < -0.39 is 12.1 Å². The zero-order chi connectivity index (χ0) is 19.0. The van der Waals surface area contributed by atoms with Gasteiger partial charge in [0.25, 0.3) is 0 Å². The Morgan fingerprint density at radius 2 is 1.83 bits per heavy atom. The Morgan fingerprint density at radius 1 is 1.29 bits per heavy atom. The van der Waals surface area contributed by atoms with Crippen LogP contribution in [0.5, 0.6) is 0 Å². The van der Waals surface area contributed by atoms with Gasteiger partial charge in [0.1, 0.15) is 5.70 Å². The van der Waals surface area contributed by atoms with E-state index in [9.17, 15) is 9.59 Å². The zero-order valence-electron chi connectivity index (χ0n) is 14.2. The summed E-state index contributed by atoms with van der Waals surface area (Å²) in [6, 6.07) is 0. The summed E-state index contributed by atoms with van der Waals surface area (Å²) in [5.74, 6) is -0.793. The van der Waals surface area contributed by atoms with Crippen LogP contribution in [0.15, 0.2) is 18.1 Å². The normalized spacial score (nSPS) is 12.1. The molecule has 24 heavy (non-hydrogen) atoms. The van der Waals surface area contributed by atoms with Crippen LogP contribution in [0.4, 0.5) is 0 Å². The van der Waals surface area contributed by atoms with Gasteiger partial charge >= 0.3 is 12.1 Å². The minimum absolute atomic E-state index is 0.0417. The molecule has 0 fully saturated rings. The number of rotatable bonds is 5. The maximum Gasteiger partial charge on any atom is 0.389 e. The molecule has 0 saturated heterocycles. The van der Waals surface area contributed by atoms with Crippen LogP contribution in [0, 0.1) is 0 Å². The van der Waals surface area contributed by atoms with E-state index in [1.165, 1.54) is 6.08 Å². The van der Waals surface area contributed by atoms with Gasteiger partial charge in [-0.05, 0) is 26.8 Å². The van der Waals surface area contributed by atoms with Crippen LogP contribution in [0.25, 0.3) is 6.08 Å². The van der Waals surface area contributed by atoms with Crippen molar-refractivity contribution in [3.05, 3.63) is 23.7 Å². The van der Waals surface area contributed by atoms with Gasteiger partial charge in [0.15, 0.2) is 0 Å². The van der Waals surface area contributed by atoms with Gasteiger partial charge in [-0.15, -0.1) is 0 Å². The second-order valence-corrected chi connectivity index (χ2v) is 5.45. The Bertz CT molecular complexity index is 568. The largest absolute Gasteiger partial charge is 0.464 e. The van der Waals surface area contributed by atoms with Gasteiger partial charge in [0.05, 0.1) is 18.9 Å². The van der Waals surface area contributed by atoms with E-state index >= 15 is 0 Å². The van der Waals surface area contributed by atoms with E-state index in [1.807, 2.05) is 20.8 Å². The zero-order valence-corrected chi connectivity index (χ0v) is 14.2. The summed E-state index contributed by atoms with van der Waals surface area (Å²) in [7, 11) is 2.84. The van der Waals surface area contributed by atoms with E-state index in [2.05, 4.69) is 15.2 Å². The highest BCUT2D eigenvalue weighted by molar-refractivity contribution is 5.94. The Hall–Kier alpha value is -2.27. The number of amides is 1. The second-order valence-electron chi connectivity index (χ2n) is 5.45. The van der Waals surface area contributed by atoms with E-state index in [0.29, 0.717) is 4.68 Å². The molecule has 0 spiro atoms. The fourth-order valence-electron chi connectivity index (χ4n) is 1.07. The number of aromatic nitrogens is 2. The average molecular weight is 345 g/mol. The number of hydrogen-bond donors (Lipinski definition) is 4. The Morgan fingerprint density at radius 3 is 2.17 bits per heavy atom. The lowest BCUT2D eigenvalue weighted by atomic mass is 10.2. The SMILES string of the molecule is COC(=O)/C(=C/c1cnn(C(O)(O)O)c1)NC=O.COC(C)(C)C. The van der Waals surface area contributed by atoms with Gasteiger partial charge in [-0.25, -0.2) is 4.79 Å². The van der Waals surface area contributed by atoms with Gasteiger partial charge in [-0.2, -0.15) is 9.78 Å². The van der Waals surface area contributed by atoms with Crippen molar-refractivity contribution in [3.8, 4) is 0 Å². The van der Waals surface area contributed by atoms with Crippen molar-refractivity contribution in [2.75, 3.05) is 14.2 Å². The van der Waals surface area contributed by atoms with Crippen LogP contribution in [0.3, 0.4) is 0 Å². The highest BCUT2D eigenvalue weighted by atomic mass is 16.7. The summed E-state index contributed by atoms with van der Waals surface area (Å²) < 4.78 is 9.78. The molecule has 0 aliphatic carbocycles. The van der Waals surface area contributed by atoms with Crippen LogP contribution < -0.4 is 5.32 Å². The molecule has 10 heteroatoms. The maximum atomic E-state index is 11.2. The second kappa shape index (κ2) is 9.13. The topological polar surface area (TPSA) is 143 Å². The summed E-state index contributed by atoms with van der Waals surface area (Å²) in [4.78, 5) is 21.5. The molecule has 1 heterocycles. The number of hydrogen-bond acceptors (Lipinski definition) is 8. The fourth-order valence-corrected chi connectivity index (χ4v) is 1.07. The maximum absolute atomic E-state index is 11.2. The fraction of sp³-hybridized carbons (Fsp3) is 0.500. The Kier molecular flexibility index (Phi) is 8.27. The Balaban J connectivity index is 0.000000754. The average Bonchev–Trinajstić information content (AvgIpc) is 2.94. The summed E-state index contributed by atoms with van der Waals surface area (Å²) in [5.41, 5.74) is 0.0951. The third-order valence-corrected chi connectivity index (χ3v) is 2.45. The molecule has 0 aromatic carbocycles. The lowest BCUT2D eigenvalue weighted by Gasteiger charge is -2.14. The van der Waals surface area contributed by atoms with Crippen molar-refractivity contribution in [1.82, 2.24) is 15.1 Å². The molecule has 1 rings (SSSR count). The number of carbonyl (C=O) groups is 2. The first-order valence-electron chi connectivity index (χ1n) is 6.72. The monoisotopic (exact) mass is 345 g/mol. The molecule has 1 aromatic heterocycles. The minimum Gasteiger partial charge on any atom is -0.464 e. The highest BCUT2D eigenvalue weighted by Crippen LogP contribution is 2.09. The molecule has 1 amide bonds. The smallest absolute Gasteiger partial charge is 0.389 e. The minimum atomic E-state index is -3.14. The Labute approximate surface area is 139 Å². The lowest BCUT2D eigenvalue weighted by Crippen LogP contribution is -2.32.